The normalized spacial score (nSPS) is 12.1. The predicted molar refractivity (Wildman–Crippen MR) is 191 cm³/mol. The van der Waals surface area contributed by atoms with Crippen LogP contribution in [0, 0.1) is 6.92 Å². The van der Waals surface area contributed by atoms with E-state index in [1.165, 1.54) is 6.07 Å². The van der Waals surface area contributed by atoms with Crippen LogP contribution in [0.3, 0.4) is 0 Å². The summed E-state index contributed by atoms with van der Waals surface area (Å²) in [7, 11) is 0. The molecule has 6 aromatic carbocycles. The molecule has 0 aliphatic carbocycles. The van der Waals surface area contributed by atoms with Crippen LogP contribution >= 0.6 is 0 Å². The zero-order valence-corrected chi connectivity index (χ0v) is 27.3. The molecular weight excluding hydrogens is 674 g/mol. The zero-order chi connectivity index (χ0) is 36.2. The molecule has 8 rings (SSSR count). The van der Waals surface area contributed by atoms with Gasteiger partial charge in [-0.3, -0.25) is 0 Å². The van der Waals surface area contributed by atoms with Crippen LogP contribution in [0.2, 0.25) is 0 Å². The number of nitrogens with zero attached hydrogens (tertiary/aromatic N) is 4. The summed E-state index contributed by atoms with van der Waals surface area (Å²) in [6.45, 7) is 2.00. The van der Waals surface area contributed by atoms with Crippen LogP contribution in [-0.2, 0) is 12.4 Å². The number of fused-ring (bicyclic) bond motifs is 3. The van der Waals surface area contributed by atoms with Gasteiger partial charge in [-0.1, -0.05) is 103 Å². The fourth-order valence-electron chi connectivity index (χ4n) is 6.58. The SMILES string of the molecule is Cc1ccc2c(c1)c1ccccc1n2-c1ccc(-c2ccc(C(F)(F)F)cc2C(F)(F)F)c(-c2nc(-c3ccccc3)nc(-c3ccccc3)n2)c1. The Bertz CT molecular complexity index is 2550. The maximum Gasteiger partial charge on any atom is 0.417 e. The number of hydrogen-bond acceptors (Lipinski definition) is 3. The van der Waals surface area contributed by atoms with Gasteiger partial charge in [-0.2, -0.15) is 26.3 Å². The van der Waals surface area contributed by atoms with Crippen molar-refractivity contribution in [2.45, 2.75) is 19.3 Å². The lowest BCUT2D eigenvalue weighted by Crippen LogP contribution is -2.12. The van der Waals surface area contributed by atoms with E-state index in [0.717, 1.165) is 33.4 Å². The Labute approximate surface area is 293 Å². The molecular formula is C42H26F6N4. The van der Waals surface area contributed by atoms with E-state index in [4.69, 9.17) is 15.0 Å². The summed E-state index contributed by atoms with van der Waals surface area (Å²) in [6, 6.07) is 38.5. The van der Waals surface area contributed by atoms with Gasteiger partial charge in [0, 0.05) is 33.2 Å². The van der Waals surface area contributed by atoms with Gasteiger partial charge >= 0.3 is 12.4 Å². The summed E-state index contributed by atoms with van der Waals surface area (Å²) in [6.07, 6.45) is -10.1. The molecule has 8 aromatic rings. The molecule has 0 saturated heterocycles. The maximum absolute atomic E-state index is 14.7. The molecule has 0 amide bonds. The van der Waals surface area contributed by atoms with E-state index in [2.05, 4.69) is 6.07 Å². The van der Waals surface area contributed by atoms with Crippen molar-refractivity contribution >= 4 is 21.8 Å². The summed E-state index contributed by atoms with van der Waals surface area (Å²) < 4.78 is 87.3. The van der Waals surface area contributed by atoms with E-state index >= 15 is 0 Å². The molecule has 0 radical (unpaired) electrons. The van der Waals surface area contributed by atoms with Crippen molar-refractivity contribution in [1.82, 2.24) is 19.5 Å². The quantitative estimate of drug-likeness (QED) is 0.168. The highest BCUT2D eigenvalue weighted by molar-refractivity contribution is 6.09. The maximum atomic E-state index is 14.7. The molecule has 10 heteroatoms. The first-order chi connectivity index (χ1) is 25.0. The van der Waals surface area contributed by atoms with Crippen molar-refractivity contribution in [3.8, 4) is 51.0 Å². The second kappa shape index (κ2) is 12.5. The molecule has 0 aliphatic rings. The number of para-hydroxylation sites is 1. The minimum absolute atomic E-state index is 0.00522. The van der Waals surface area contributed by atoms with Crippen LogP contribution in [-0.4, -0.2) is 19.5 Å². The lowest BCUT2D eigenvalue weighted by atomic mass is 9.92. The number of aryl methyl sites for hydroxylation is 1. The topological polar surface area (TPSA) is 43.6 Å². The van der Waals surface area contributed by atoms with E-state index < -0.39 is 29.0 Å². The van der Waals surface area contributed by atoms with Crippen molar-refractivity contribution in [3.63, 3.8) is 0 Å². The fraction of sp³-hybridized carbons (Fsp3) is 0.0714. The van der Waals surface area contributed by atoms with Gasteiger partial charge in [0.05, 0.1) is 22.2 Å². The molecule has 52 heavy (non-hydrogen) atoms. The van der Waals surface area contributed by atoms with Crippen LogP contribution in [0.15, 0.2) is 140 Å². The van der Waals surface area contributed by atoms with Gasteiger partial charge in [-0.25, -0.2) is 15.0 Å². The highest BCUT2D eigenvalue weighted by Crippen LogP contribution is 2.44. The van der Waals surface area contributed by atoms with Crippen LogP contribution in [0.5, 0.6) is 0 Å². The highest BCUT2D eigenvalue weighted by atomic mass is 19.4. The van der Waals surface area contributed by atoms with Crippen molar-refractivity contribution in [2.75, 3.05) is 0 Å². The van der Waals surface area contributed by atoms with E-state index in [1.54, 1.807) is 12.1 Å². The van der Waals surface area contributed by atoms with Gasteiger partial charge in [0.15, 0.2) is 17.5 Å². The Morgan fingerprint density at radius 1 is 0.462 bits per heavy atom. The van der Waals surface area contributed by atoms with Crippen molar-refractivity contribution in [3.05, 3.63) is 156 Å². The van der Waals surface area contributed by atoms with Crippen LogP contribution in [0.4, 0.5) is 26.3 Å². The molecule has 0 bridgehead atoms. The summed E-state index contributed by atoms with van der Waals surface area (Å²) in [5, 5.41) is 1.97. The molecule has 2 aromatic heterocycles. The van der Waals surface area contributed by atoms with Crippen LogP contribution in [0.25, 0.3) is 72.8 Å². The Morgan fingerprint density at radius 2 is 1.04 bits per heavy atom. The molecule has 0 atom stereocenters. The average molecular weight is 701 g/mol. The average Bonchev–Trinajstić information content (AvgIpc) is 3.47. The molecule has 0 fully saturated rings. The second-order valence-corrected chi connectivity index (χ2v) is 12.4. The van der Waals surface area contributed by atoms with Gasteiger partial charge in [0.2, 0.25) is 0 Å². The van der Waals surface area contributed by atoms with Crippen molar-refractivity contribution in [1.29, 1.82) is 0 Å². The standard InChI is InChI=1S/C42H26F6N4/c1-25-16-21-37-33(22-25)32-14-8-9-15-36(32)52(37)29-18-20-30(31-19-17-28(41(43,44)45)23-35(31)42(46,47)48)34(24-29)40-50-38(26-10-4-2-5-11-26)49-39(51-40)27-12-6-3-7-13-27/h2-24H,1H3. The Hall–Kier alpha value is -6.29. The summed E-state index contributed by atoms with van der Waals surface area (Å²) in [4.78, 5) is 14.3. The first-order valence-electron chi connectivity index (χ1n) is 16.3. The lowest BCUT2D eigenvalue weighted by Gasteiger charge is -2.19. The molecule has 0 saturated carbocycles. The lowest BCUT2D eigenvalue weighted by molar-refractivity contribution is -0.142. The molecule has 2 heterocycles. The number of rotatable bonds is 5. The summed E-state index contributed by atoms with van der Waals surface area (Å²) >= 11 is 0. The molecule has 256 valence electrons. The molecule has 0 spiro atoms. The third-order valence-electron chi connectivity index (χ3n) is 8.97. The third-order valence-corrected chi connectivity index (χ3v) is 8.97. The zero-order valence-electron chi connectivity index (χ0n) is 27.3. The summed E-state index contributed by atoms with van der Waals surface area (Å²) in [5.74, 6) is 0.599. The predicted octanol–water partition coefficient (Wildman–Crippen LogP) is 12.0. The molecule has 0 aliphatic heterocycles. The number of halogens is 6. The number of aromatic nitrogens is 4. The van der Waals surface area contributed by atoms with Crippen molar-refractivity contribution < 1.29 is 26.3 Å². The fourth-order valence-corrected chi connectivity index (χ4v) is 6.58. The van der Waals surface area contributed by atoms with Crippen LogP contribution < -0.4 is 0 Å². The smallest absolute Gasteiger partial charge is 0.309 e. The van der Waals surface area contributed by atoms with E-state index in [0.29, 0.717) is 22.9 Å². The Balaban J connectivity index is 1.46. The van der Waals surface area contributed by atoms with Gasteiger partial charge in [-0.15, -0.1) is 0 Å². The minimum atomic E-state index is -5.11. The van der Waals surface area contributed by atoms with E-state index in [-0.39, 0.29) is 34.7 Å². The minimum Gasteiger partial charge on any atom is -0.309 e. The first-order valence-corrected chi connectivity index (χ1v) is 16.3. The Kier molecular flexibility index (Phi) is 7.90. The number of benzene rings is 6. The van der Waals surface area contributed by atoms with E-state index in [1.807, 2.05) is 109 Å². The number of alkyl halides is 6. The van der Waals surface area contributed by atoms with Crippen molar-refractivity contribution in [2.24, 2.45) is 0 Å². The second-order valence-electron chi connectivity index (χ2n) is 12.4. The summed E-state index contributed by atoms with van der Waals surface area (Å²) in [5.41, 5.74) is 1.57. The number of hydrogen-bond donors (Lipinski definition) is 0. The molecule has 4 nitrogen and oxygen atoms in total. The van der Waals surface area contributed by atoms with Gasteiger partial charge in [0.1, 0.15) is 0 Å². The molecule has 0 N–H and O–H groups in total. The Morgan fingerprint density at radius 3 is 1.67 bits per heavy atom. The van der Waals surface area contributed by atoms with Gasteiger partial charge in [0.25, 0.3) is 0 Å². The largest absolute Gasteiger partial charge is 0.417 e. The van der Waals surface area contributed by atoms with Crippen LogP contribution in [0.1, 0.15) is 16.7 Å². The first kappa shape index (κ1) is 32.9. The van der Waals surface area contributed by atoms with Gasteiger partial charge < -0.3 is 4.57 Å². The molecule has 0 unspecified atom stereocenters. The highest BCUT2D eigenvalue weighted by Gasteiger charge is 2.39. The van der Waals surface area contributed by atoms with E-state index in [9.17, 15) is 26.3 Å². The monoisotopic (exact) mass is 700 g/mol. The van der Waals surface area contributed by atoms with Gasteiger partial charge in [-0.05, 0) is 60.5 Å². The third kappa shape index (κ3) is 5.96.